The number of rotatable bonds is 11. The molecule has 0 N–H and O–H groups in total. The van der Waals surface area contributed by atoms with Gasteiger partial charge in [0, 0.05) is 50.9 Å². The van der Waals surface area contributed by atoms with E-state index in [2.05, 4.69) is 94.8 Å². The van der Waals surface area contributed by atoms with Crippen molar-refractivity contribution in [2.45, 2.75) is 37.8 Å². The summed E-state index contributed by atoms with van der Waals surface area (Å²) in [5.74, 6) is 1.51. The zero-order valence-electron chi connectivity index (χ0n) is 28.8. The Kier molecular flexibility index (Phi) is 9.14. The first-order valence-corrected chi connectivity index (χ1v) is 17.6. The number of aromatic nitrogens is 9. The van der Waals surface area contributed by atoms with E-state index in [-0.39, 0.29) is 11.3 Å². The third kappa shape index (κ3) is 6.66. The molecule has 14 heteroatoms. The summed E-state index contributed by atoms with van der Waals surface area (Å²) >= 11 is 0. The van der Waals surface area contributed by atoms with E-state index in [1.807, 2.05) is 27.9 Å². The topological polar surface area (TPSA) is 128 Å². The number of carbonyl (C=O) groups excluding carboxylic acids is 1. The van der Waals surface area contributed by atoms with E-state index in [4.69, 9.17) is 9.72 Å². The van der Waals surface area contributed by atoms with Crippen LogP contribution in [0.4, 0.5) is 5.95 Å². The van der Waals surface area contributed by atoms with E-state index < -0.39 is 0 Å². The fourth-order valence-corrected chi connectivity index (χ4v) is 7.72. The molecule has 1 atom stereocenters. The Bertz CT molecular complexity index is 2060. The van der Waals surface area contributed by atoms with Crippen molar-refractivity contribution in [2.75, 3.05) is 57.8 Å². The second kappa shape index (κ2) is 14.3. The number of anilines is 1. The van der Waals surface area contributed by atoms with Crippen LogP contribution in [-0.4, -0.2) is 113 Å². The first-order chi connectivity index (χ1) is 25.1. The average molecular weight is 687 g/mol. The second-order valence-electron chi connectivity index (χ2n) is 13.4. The van der Waals surface area contributed by atoms with Gasteiger partial charge in [0.15, 0.2) is 0 Å². The molecule has 8 rings (SSSR count). The van der Waals surface area contributed by atoms with Crippen LogP contribution >= 0.6 is 0 Å². The van der Waals surface area contributed by atoms with E-state index in [1.54, 1.807) is 24.1 Å². The van der Waals surface area contributed by atoms with Crippen LogP contribution in [0.25, 0.3) is 16.7 Å². The van der Waals surface area contributed by atoms with Crippen LogP contribution in [-0.2, 0) is 18.5 Å². The number of carbonyl (C=O) groups is 1. The molecule has 3 aromatic carbocycles. The highest BCUT2D eigenvalue weighted by Gasteiger charge is 2.42. The number of ether oxygens (including phenoxy) is 1. The van der Waals surface area contributed by atoms with Gasteiger partial charge < -0.3 is 24.0 Å². The van der Waals surface area contributed by atoms with E-state index >= 15 is 0 Å². The minimum absolute atomic E-state index is 0.0447. The molecule has 1 unspecified atom stereocenters. The maximum Gasteiger partial charge on any atom is 0.257 e. The molecule has 0 saturated carbocycles. The molecule has 0 spiro atoms. The van der Waals surface area contributed by atoms with Gasteiger partial charge in [-0.3, -0.25) is 9.48 Å². The van der Waals surface area contributed by atoms with Gasteiger partial charge in [-0.15, -0.1) is 10.2 Å². The van der Waals surface area contributed by atoms with Crippen LogP contribution in [0.2, 0.25) is 0 Å². The average Bonchev–Trinajstić information content (AvgIpc) is 4.00. The van der Waals surface area contributed by atoms with Crippen LogP contribution in [0.15, 0.2) is 91.5 Å². The molecule has 51 heavy (non-hydrogen) atoms. The van der Waals surface area contributed by atoms with Crippen LogP contribution in [0.5, 0.6) is 5.75 Å². The molecule has 0 radical (unpaired) electrons. The SMILES string of the molecule is COc1ccc(-n2cnnn2)cc1C(=O)N1CCC(CCN2CCCN(c3nc4ccccc4n3CCn3ccnn3)CC2)(c2ccccc2)C1. The molecular formula is C37H42N12O2. The molecule has 2 saturated heterocycles. The predicted molar refractivity (Wildman–Crippen MR) is 192 cm³/mol. The van der Waals surface area contributed by atoms with E-state index in [9.17, 15) is 4.79 Å². The Labute approximate surface area is 296 Å². The highest BCUT2D eigenvalue weighted by molar-refractivity contribution is 5.98. The Hall–Kier alpha value is -5.63. The van der Waals surface area contributed by atoms with Gasteiger partial charge in [-0.2, -0.15) is 0 Å². The largest absolute Gasteiger partial charge is 0.496 e. The standard InChI is InChI=1S/C37H42N12O2/c1-51-34-13-12-30(49-28-39-41-43-49)26-31(34)35(50)46-20-15-37(27-46,29-8-3-2-4-9-29)14-19-44-17-7-18-45(23-22-44)36-40-32-10-5-6-11-33(32)48(36)25-24-47-21-16-38-42-47/h2-6,8-13,16,21,26,28H,7,14-15,17-20,22-25,27H2,1H3. The Morgan fingerprint density at radius 2 is 1.76 bits per heavy atom. The first kappa shape index (κ1) is 32.6. The third-order valence-electron chi connectivity index (χ3n) is 10.5. The molecule has 2 fully saturated rings. The molecule has 3 aromatic heterocycles. The molecule has 1 amide bonds. The molecule has 0 bridgehead atoms. The van der Waals surface area contributed by atoms with E-state index in [0.717, 1.165) is 82.1 Å². The first-order valence-electron chi connectivity index (χ1n) is 17.6. The van der Waals surface area contributed by atoms with Crippen molar-refractivity contribution in [3.63, 3.8) is 0 Å². The summed E-state index contributed by atoms with van der Waals surface area (Å²) in [6.45, 7) is 7.56. The van der Waals surface area contributed by atoms with Crippen molar-refractivity contribution in [3.8, 4) is 11.4 Å². The molecule has 262 valence electrons. The molecule has 5 heterocycles. The number of nitrogens with zero attached hydrogens (tertiary/aromatic N) is 12. The summed E-state index contributed by atoms with van der Waals surface area (Å²) in [7, 11) is 1.60. The maximum absolute atomic E-state index is 14.1. The van der Waals surface area contributed by atoms with Gasteiger partial charge in [-0.1, -0.05) is 47.7 Å². The number of para-hydroxylation sites is 2. The third-order valence-corrected chi connectivity index (χ3v) is 10.5. The van der Waals surface area contributed by atoms with Crippen molar-refractivity contribution in [1.29, 1.82) is 0 Å². The lowest BCUT2D eigenvalue weighted by molar-refractivity contribution is 0.0777. The smallest absolute Gasteiger partial charge is 0.257 e. The molecule has 14 nitrogen and oxygen atoms in total. The zero-order valence-corrected chi connectivity index (χ0v) is 28.8. The minimum Gasteiger partial charge on any atom is -0.496 e. The molecular weight excluding hydrogens is 644 g/mol. The normalized spacial score (nSPS) is 18.4. The number of fused-ring (bicyclic) bond motifs is 1. The van der Waals surface area contributed by atoms with Gasteiger partial charge in [0.05, 0.1) is 42.1 Å². The van der Waals surface area contributed by atoms with Crippen LogP contribution < -0.4 is 9.64 Å². The quantitative estimate of drug-likeness (QED) is 0.199. The Morgan fingerprint density at radius 1 is 0.882 bits per heavy atom. The number of amides is 1. The van der Waals surface area contributed by atoms with Crippen molar-refractivity contribution in [1.82, 2.24) is 54.6 Å². The summed E-state index contributed by atoms with van der Waals surface area (Å²) in [4.78, 5) is 26.3. The fourth-order valence-electron chi connectivity index (χ4n) is 7.72. The number of hydrogen-bond acceptors (Lipinski definition) is 10. The van der Waals surface area contributed by atoms with Crippen LogP contribution in [0.3, 0.4) is 0 Å². The number of tetrazole rings is 1. The van der Waals surface area contributed by atoms with Gasteiger partial charge in [-0.25, -0.2) is 9.67 Å². The van der Waals surface area contributed by atoms with Gasteiger partial charge in [-0.05, 0) is 78.7 Å². The van der Waals surface area contributed by atoms with Crippen molar-refractivity contribution in [2.24, 2.45) is 0 Å². The molecule has 6 aromatic rings. The van der Waals surface area contributed by atoms with Crippen molar-refractivity contribution < 1.29 is 9.53 Å². The number of hydrogen-bond donors (Lipinski definition) is 0. The summed E-state index contributed by atoms with van der Waals surface area (Å²) in [5.41, 5.74) is 4.50. The number of methoxy groups -OCH3 is 1. The van der Waals surface area contributed by atoms with Crippen molar-refractivity contribution in [3.05, 3.63) is 103 Å². The molecule has 2 aliphatic rings. The number of imidazole rings is 1. The highest BCUT2D eigenvalue weighted by atomic mass is 16.5. The monoisotopic (exact) mass is 686 g/mol. The summed E-state index contributed by atoms with van der Waals surface area (Å²) in [5, 5.41) is 19.6. The Morgan fingerprint density at radius 3 is 2.59 bits per heavy atom. The summed E-state index contributed by atoms with van der Waals surface area (Å²) in [6.07, 6.45) is 8.04. The minimum atomic E-state index is -0.154. The predicted octanol–water partition coefficient (Wildman–Crippen LogP) is 3.70. The lowest BCUT2D eigenvalue weighted by Crippen LogP contribution is -2.39. The van der Waals surface area contributed by atoms with Gasteiger partial charge in [0.1, 0.15) is 12.1 Å². The maximum atomic E-state index is 14.1. The Balaban J connectivity index is 0.976. The lowest BCUT2D eigenvalue weighted by Gasteiger charge is -2.33. The highest BCUT2D eigenvalue weighted by Crippen LogP contribution is 2.39. The summed E-state index contributed by atoms with van der Waals surface area (Å²) < 4.78 is 11.4. The van der Waals surface area contributed by atoms with Crippen LogP contribution in [0.1, 0.15) is 35.2 Å². The van der Waals surface area contributed by atoms with Crippen LogP contribution in [0, 0.1) is 0 Å². The van der Waals surface area contributed by atoms with Gasteiger partial charge >= 0.3 is 0 Å². The molecule has 0 aliphatic carbocycles. The summed E-state index contributed by atoms with van der Waals surface area (Å²) in [6, 6.07) is 24.6. The van der Waals surface area contributed by atoms with E-state index in [0.29, 0.717) is 30.1 Å². The zero-order chi connectivity index (χ0) is 34.6. The number of benzene rings is 3. The second-order valence-corrected chi connectivity index (χ2v) is 13.4. The van der Waals surface area contributed by atoms with Gasteiger partial charge in [0.2, 0.25) is 5.95 Å². The van der Waals surface area contributed by atoms with Gasteiger partial charge in [0.25, 0.3) is 5.91 Å². The molecule has 2 aliphatic heterocycles. The van der Waals surface area contributed by atoms with E-state index in [1.165, 1.54) is 11.9 Å². The van der Waals surface area contributed by atoms with Crippen molar-refractivity contribution >= 4 is 22.9 Å². The number of likely N-dealkylation sites (tertiary alicyclic amines) is 1. The number of aryl methyl sites for hydroxylation is 2. The fraction of sp³-hybridized carbons (Fsp3) is 0.378. The lowest BCUT2D eigenvalue weighted by atomic mass is 9.76.